The van der Waals surface area contributed by atoms with Crippen LogP contribution in [0.5, 0.6) is 0 Å². The number of amides is 1. The molecule has 7 heteroatoms. The van der Waals surface area contributed by atoms with E-state index in [4.69, 9.17) is 5.11 Å². The zero-order valence-electron chi connectivity index (χ0n) is 10.9. The van der Waals surface area contributed by atoms with E-state index in [-0.39, 0.29) is 24.4 Å². The van der Waals surface area contributed by atoms with Gasteiger partial charge in [-0.15, -0.1) is 12.4 Å². The van der Waals surface area contributed by atoms with Gasteiger partial charge in [0.25, 0.3) is 11.5 Å². The quantitative estimate of drug-likeness (QED) is 0.869. The van der Waals surface area contributed by atoms with Crippen LogP contribution in [0.15, 0.2) is 23.1 Å². The Morgan fingerprint density at radius 3 is 2.55 bits per heavy atom. The van der Waals surface area contributed by atoms with Crippen molar-refractivity contribution < 1.29 is 14.7 Å². The molecule has 20 heavy (non-hydrogen) atoms. The maximum absolute atomic E-state index is 12.0. The Kier molecular flexibility index (Phi) is 5.76. The molecule has 1 aromatic rings. The monoisotopic (exact) mass is 300 g/mol. The van der Waals surface area contributed by atoms with Gasteiger partial charge in [0.15, 0.2) is 0 Å². The number of hydrogen-bond acceptors (Lipinski definition) is 3. The van der Waals surface area contributed by atoms with E-state index in [0.717, 1.165) is 30.3 Å². The lowest BCUT2D eigenvalue weighted by molar-refractivity contribution is -0.137. The van der Waals surface area contributed by atoms with Crippen LogP contribution < -0.4 is 10.9 Å². The third-order valence-corrected chi connectivity index (χ3v) is 3.24. The Bertz CT molecular complexity index is 550. The van der Waals surface area contributed by atoms with Crippen LogP contribution in [0.3, 0.4) is 0 Å². The van der Waals surface area contributed by atoms with E-state index in [1.54, 1.807) is 0 Å². The highest BCUT2D eigenvalue weighted by atomic mass is 35.5. The molecule has 1 saturated carbocycles. The number of hydrogen-bond donors (Lipinski definition) is 2. The number of aromatic nitrogens is 1. The van der Waals surface area contributed by atoms with Crippen molar-refractivity contribution in [2.24, 2.45) is 0 Å². The van der Waals surface area contributed by atoms with Crippen LogP contribution in [0.1, 0.15) is 36.0 Å². The first-order valence-corrected chi connectivity index (χ1v) is 6.29. The Balaban J connectivity index is 0.00000200. The summed E-state index contributed by atoms with van der Waals surface area (Å²) in [5.74, 6) is -1.37. The summed E-state index contributed by atoms with van der Waals surface area (Å²) in [7, 11) is 0. The number of aliphatic carboxylic acids is 1. The van der Waals surface area contributed by atoms with Crippen LogP contribution >= 0.6 is 12.4 Å². The fourth-order valence-corrected chi connectivity index (χ4v) is 2.27. The van der Waals surface area contributed by atoms with Crippen LogP contribution in [0.25, 0.3) is 0 Å². The maximum atomic E-state index is 12.0. The third-order valence-electron chi connectivity index (χ3n) is 3.24. The number of carboxylic acid groups (broad SMARTS) is 1. The summed E-state index contributed by atoms with van der Waals surface area (Å²) in [6.07, 6.45) is 5.47. The molecular weight excluding hydrogens is 284 g/mol. The van der Waals surface area contributed by atoms with Gasteiger partial charge < -0.3 is 15.0 Å². The zero-order valence-corrected chi connectivity index (χ0v) is 11.7. The summed E-state index contributed by atoms with van der Waals surface area (Å²) < 4.78 is 1.02. The predicted octanol–water partition coefficient (Wildman–Crippen LogP) is 1.03. The molecule has 0 unspecified atom stereocenters. The second kappa shape index (κ2) is 7.09. The zero-order chi connectivity index (χ0) is 13.8. The topological polar surface area (TPSA) is 88.4 Å². The first kappa shape index (κ1) is 16.2. The average molecular weight is 301 g/mol. The van der Waals surface area contributed by atoms with E-state index >= 15 is 0 Å². The fourth-order valence-electron chi connectivity index (χ4n) is 2.27. The number of carbonyl (C=O) groups is 2. The van der Waals surface area contributed by atoms with Crippen molar-refractivity contribution in [2.45, 2.75) is 38.3 Å². The summed E-state index contributed by atoms with van der Waals surface area (Å²) in [4.78, 5) is 34.0. The van der Waals surface area contributed by atoms with Gasteiger partial charge in [0.1, 0.15) is 6.54 Å². The molecule has 1 aromatic heterocycles. The molecule has 1 fully saturated rings. The van der Waals surface area contributed by atoms with Gasteiger partial charge >= 0.3 is 5.97 Å². The fraction of sp³-hybridized carbons (Fsp3) is 0.462. The highest BCUT2D eigenvalue weighted by molar-refractivity contribution is 5.94. The molecular formula is C13H17ClN2O4. The van der Waals surface area contributed by atoms with Crippen LogP contribution in [-0.2, 0) is 11.3 Å². The van der Waals surface area contributed by atoms with E-state index < -0.39 is 18.1 Å². The second-order valence-electron chi connectivity index (χ2n) is 4.73. The van der Waals surface area contributed by atoms with Crippen molar-refractivity contribution in [2.75, 3.05) is 0 Å². The van der Waals surface area contributed by atoms with E-state index in [9.17, 15) is 14.4 Å². The lowest BCUT2D eigenvalue weighted by Gasteiger charge is -2.12. The van der Waals surface area contributed by atoms with Crippen LogP contribution in [0.4, 0.5) is 0 Å². The third kappa shape index (κ3) is 4.09. The Morgan fingerprint density at radius 1 is 1.30 bits per heavy atom. The van der Waals surface area contributed by atoms with Gasteiger partial charge in [-0.2, -0.15) is 0 Å². The highest BCUT2D eigenvalue weighted by Crippen LogP contribution is 2.17. The minimum Gasteiger partial charge on any atom is -0.480 e. The molecule has 0 aromatic carbocycles. The summed E-state index contributed by atoms with van der Waals surface area (Å²) in [6, 6.07) is 2.82. The molecule has 0 atom stereocenters. The average Bonchev–Trinajstić information content (AvgIpc) is 2.84. The number of carboxylic acids is 1. The van der Waals surface area contributed by atoms with E-state index in [2.05, 4.69) is 5.32 Å². The van der Waals surface area contributed by atoms with Crippen molar-refractivity contribution in [3.63, 3.8) is 0 Å². The summed E-state index contributed by atoms with van der Waals surface area (Å²) in [5, 5.41) is 11.6. The standard InChI is InChI=1S/C13H16N2O4.ClH/c16-11-6-5-9(7-15(11)8-12(17)18)13(19)14-10-3-1-2-4-10;/h5-7,10H,1-4,8H2,(H,14,19)(H,17,18);1H. The number of pyridine rings is 1. The first-order chi connectivity index (χ1) is 9.06. The maximum Gasteiger partial charge on any atom is 0.323 e. The van der Waals surface area contributed by atoms with Gasteiger partial charge in [0, 0.05) is 18.3 Å². The van der Waals surface area contributed by atoms with Crippen LogP contribution in [0.2, 0.25) is 0 Å². The minimum atomic E-state index is -1.12. The van der Waals surface area contributed by atoms with Crippen LogP contribution in [0, 0.1) is 0 Å². The van der Waals surface area contributed by atoms with Gasteiger partial charge in [-0.1, -0.05) is 12.8 Å². The second-order valence-corrected chi connectivity index (χ2v) is 4.73. The molecule has 0 bridgehead atoms. The van der Waals surface area contributed by atoms with Gasteiger partial charge in [-0.25, -0.2) is 0 Å². The molecule has 0 saturated heterocycles. The molecule has 0 aliphatic heterocycles. The van der Waals surface area contributed by atoms with Gasteiger partial charge in [-0.05, 0) is 18.9 Å². The highest BCUT2D eigenvalue weighted by Gasteiger charge is 2.18. The van der Waals surface area contributed by atoms with Crippen molar-refractivity contribution in [1.29, 1.82) is 0 Å². The molecule has 0 spiro atoms. The van der Waals surface area contributed by atoms with Crippen molar-refractivity contribution in [3.8, 4) is 0 Å². The first-order valence-electron chi connectivity index (χ1n) is 6.29. The number of carbonyl (C=O) groups excluding carboxylic acids is 1. The molecule has 2 rings (SSSR count). The molecule has 6 nitrogen and oxygen atoms in total. The number of halogens is 1. The summed E-state index contributed by atoms with van der Waals surface area (Å²) >= 11 is 0. The number of rotatable bonds is 4. The molecule has 2 N–H and O–H groups in total. The summed E-state index contributed by atoms with van der Waals surface area (Å²) in [6.45, 7) is -0.441. The number of nitrogens with one attached hydrogen (secondary N) is 1. The molecule has 1 aliphatic carbocycles. The van der Waals surface area contributed by atoms with Gasteiger partial charge in [0.05, 0.1) is 5.56 Å². The van der Waals surface area contributed by atoms with E-state index in [1.807, 2.05) is 0 Å². The Hall–Kier alpha value is -1.82. The van der Waals surface area contributed by atoms with Gasteiger partial charge in [-0.3, -0.25) is 14.4 Å². The van der Waals surface area contributed by atoms with E-state index in [1.165, 1.54) is 18.3 Å². The Labute approximate surface area is 122 Å². The molecule has 1 amide bonds. The normalized spacial score (nSPS) is 14.6. The van der Waals surface area contributed by atoms with Crippen molar-refractivity contribution in [3.05, 3.63) is 34.2 Å². The molecule has 1 aliphatic rings. The molecule has 1 heterocycles. The van der Waals surface area contributed by atoms with Crippen molar-refractivity contribution in [1.82, 2.24) is 9.88 Å². The Morgan fingerprint density at radius 2 is 1.95 bits per heavy atom. The van der Waals surface area contributed by atoms with Crippen LogP contribution in [-0.4, -0.2) is 27.6 Å². The largest absolute Gasteiger partial charge is 0.480 e. The molecule has 0 radical (unpaired) electrons. The molecule has 110 valence electrons. The van der Waals surface area contributed by atoms with Crippen molar-refractivity contribution >= 4 is 24.3 Å². The minimum absolute atomic E-state index is 0. The lowest BCUT2D eigenvalue weighted by atomic mass is 10.2. The summed E-state index contributed by atoms with van der Waals surface area (Å²) in [5.41, 5.74) is -0.118. The predicted molar refractivity (Wildman–Crippen MR) is 75.3 cm³/mol. The van der Waals surface area contributed by atoms with E-state index in [0.29, 0.717) is 5.56 Å². The smallest absolute Gasteiger partial charge is 0.323 e. The SMILES string of the molecule is Cl.O=C(O)Cn1cc(C(=O)NC2CCCC2)ccc1=O. The number of nitrogens with zero attached hydrogens (tertiary/aromatic N) is 1. The lowest BCUT2D eigenvalue weighted by Crippen LogP contribution is -2.34. The van der Waals surface area contributed by atoms with Gasteiger partial charge in [0.2, 0.25) is 0 Å².